The fraction of sp³-hybridized carbons (Fsp3) is 0.286. The lowest BCUT2D eigenvalue weighted by molar-refractivity contribution is 0.102. The molecule has 0 spiro atoms. The minimum absolute atomic E-state index is 0.00893. The third kappa shape index (κ3) is 4.52. The SMILES string of the molecule is CO[C@@H](CNCc1c(C)nn(Cc2ccccc2)c1Cl)c1ccccc1. The highest BCUT2D eigenvalue weighted by Gasteiger charge is 2.15. The molecular weight excluding hydrogens is 346 g/mol. The lowest BCUT2D eigenvalue weighted by Crippen LogP contribution is -2.22. The van der Waals surface area contributed by atoms with Crippen molar-refractivity contribution >= 4 is 11.6 Å². The van der Waals surface area contributed by atoms with E-state index in [9.17, 15) is 0 Å². The molecule has 3 aromatic rings. The molecule has 1 atom stereocenters. The van der Waals surface area contributed by atoms with Crippen LogP contribution in [0.3, 0.4) is 0 Å². The largest absolute Gasteiger partial charge is 0.375 e. The van der Waals surface area contributed by atoms with Gasteiger partial charge in [-0.2, -0.15) is 5.10 Å². The Balaban J connectivity index is 1.63. The van der Waals surface area contributed by atoms with Gasteiger partial charge in [0.2, 0.25) is 0 Å². The predicted molar refractivity (Wildman–Crippen MR) is 105 cm³/mol. The zero-order valence-electron chi connectivity index (χ0n) is 15.2. The number of methoxy groups -OCH3 is 1. The van der Waals surface area contributed by atoms with Gasteiger partial charge in [-0.3, -0.25) is 0 Å². The van der Waals surface area contributed by atoms with Gasteiger partial charge in [0, 0.05) is 25.8 Å². The first-order valence-corrected chi connectivity index (χ1v) is 9.11. The molecule has 4 nitrogen and oxygen atoms in total. The van der Waals surface area contributed by atoms with Crippen LogP contribution in [0.2, 0.25) is 5.15 Å². The second-order valence-corrected chi connectivity index (χ2v) is 6.62. The second kappa shape index (κ2) is 8.99. The monoisotopic (exact) mass is 369 g/mol. The van der Waals surface area contributed by atoms with Crippen molar-refractivity contribution in [2.45, 2.75) is 26.1 Å². The van der Waals surface area contributed by atoms with E-state index in [0.29, 0.717) is 24.8 Å². The van der Waals surface area contributed by atoms with E-state index < -0.39 is 0 Å². The Kier molecular flexibility index (Phi) is 6.45. The quantitative estimate of drug-likeness (QED) is 0.640. The number of halogens is 1. The Morgan fingerprint density at radius 1 is 1.08 bits per heavy atom. The van der Waals surface area contributed by atoms with Crippen LogP contribution in [0.1, 0.15) is 28.5 Å². The molecular formula is C21H24ClN3O. The maximum absolute atomic E-state index is 6.57. The van der Waals surface area contributed by atoms with Gasteiger partial charge in [0.05, 0.1) is 18.3 Å². The minimum Gasteiger partial charge on any atom is -0.375 e. The maximum atomic E-state index is 6.57. The summed E-state index contributed by atoms with van der Waals surface area (Å²) < 4.78 is 7.46. The maximum Gasteiger partial charge on any atom is 0.132 e. The van der Waals surface area contributed by atoms with Crippen LogP contribution in [0.5, 0.6) is 0 Å². The molecule has 0 unspecified atom stereocenters. The molecule has 0 fully saturated rings. The van der Waals surface area contributed by atoms with Gasteiger partial charge in [0.25, 0.3) is 0 Å². The van der Waals surface area contributed by atoms with Gasteiger partial charge in [-0.15, -0.1) is 0 Å². The van der Waals surface area contributed by atoms with Gasteiger partial charge < -0.3 is 10.1 Å². The average molecular weight is 370 g/mol. The first kappa shape index (κ1) is 18.6. The fourth-order valence-corrected chi connectivity index (χ4v) is 3.29. The van der Waals surface area contributed by atoms with Crippen LogP contribution >= 0.6 is 11.6 Å². The highest BCUT2D eigenvalue weighted by Crippen LogP contribution is 2.21. The van der Waals surface area contributed by atoms with Crippen molar-refractivity contribution in [3.63, 3.8) is 0 Å². The third-order valence-electron chi connectivity index (χ3n) is 4.45. The summed E-state index contributed by atoms with van der Waals surface area (Å²) in [6.07, 6.45) is 0.00893. The van der Waals surface area contributed by atoms with Gasteiger partial charge in [-0.05, 0) is 18.1 Å². The summed E-state index contributed by atoms with van der Waals surface area (Å²) in [5.74, 6) is 0. The fourth-order valence-electron chi connectivity index (χ4n) is 2.99. The van der Waals surface area contributed by atoms with E-state index in [-0.39, 0.29) is 6.10 Å². The predicted octanol–water partition coefficient (Wildman–Crippen LogP) is 4.37. The summed E-state index contributed by atoms with van der Waals surface area (Å²) in [7, 11) is 1.73. The standard InChI is InChI=1S/C21H24ClN3O/c1-16-19(13-23-14-20(26-2)18-11-7-4-8-12-18)21(22)25(24-16)15-17-9-5-3-6-10-17/h3-12,20,23H,13-15H2,1-2H3/t20-/m0/s1. The van der Waals surface area contributed by atoms with Crippen molar-refractivity contribution in [3.05, 3.63) is 88.2 Å². The number of hydrogen-bond acceptors (Lipinski definition) is 3. The Hall–Kier alpha value is -2.14. The molecule has 3 rings (SSSR count). The van der Waals surface area contributed by atoms with E-state index >= 15 is 0 Å². The highest BCUT2D eigenvalue weighted by molar-refractivity contribution is 6.30. The van der Waals surface area contributed by atoms with Gasteiger partial charge in [-0.1, -0.05) is 72.3 Å². The molecule has 136 valence electrons. The smallest absolute Gasteiger partial charge is 0.132 e. The van der Waals surface area contributed by atoms with E-state index in [2.05, 4.69) is 34.7 Å². The summed E-state index contributed by atoms with van der Waals surface area (Å²) in [5.41, 5.74) is 4.32. The summed E-state index contributed by atoms with van der Waals surface area (Å²) in [6.45, 7) is 4.03. The van der Waals surface area contributed by atoms with Crippen molar-refractivity contribution in [1.82, 2.24) is 15.1 Å². The van der Waals surface area contributed by atoms with Crippen LogP contribution in [-0.2, 0) is 17.8 Å². The number of rotatable bonds is 8. The molecule has 5 heteroatoms. The van der Waals surface area contributed by atoms with Crippen LogP contribution in [0.4, 0.5) is 0 Å². The molecule has 0 radical (unpaired) electrons. The van der Waals surface area contributed by atoms with Crippen molar-refractivity contribution in [2.75, 3.05) is 13.7 Å². The van der Waals surface area contributed by atoms with Crippen molar-refractivity contribution < 1.29 is 4.74 Å². The molecule has 26 heavy (non-hydrogen) atoms. The molecule has 1 aromatic heterocycles. The molecule has 1 heterocycles. The van der Waals surface area contributed by atoms with Gasteiger partial charge in [0.1, 0.15) is 5.15 Å². The van der Waals surface area contributed by atoms with E-state index in [1.165, 1.54) is 5.56 Å². The van der Waals surface area contributed by atoms with E-state index in [1.807, 2.05) is 48.0 Å². The second-order valence-electron chi connectivity index (χ2n) is 6.26. The number of ether oxygens (including phenoxy) is 1. The average Bonchev–Trinajstić information content (AvgIpc) is 2.94. The number of aromatic nitrogens is 2. The van der Waals surface area contributed by atoms with Crippen LogP contribution in [0.25, 0.3) is 0 Å². The van der Waals surface area contributed by atoms with E-state index in [1.54, 1.807) is 7.11 Å². The van der Waals surface area contributed by atoms with Gasteiger partial charge in [0.15, 0.2) is 0 Å². The van der Waals surface area contributed by atoms with Crippen LogP contribution in [0.15, 0.2) is 60.7 Å². The molecule has 0 saturated heterocycles. The number of benzene rings is 2. The Morgan fingerprint density at radius 3 is 2.38 bits per heavy atom. The number of aryl methyl sites for hydroxylation is 1. The molecule has 0 saturated carbocycles. The molecule has 2 aromatic carbocycles. The molecule has 0 aliphatic carbocycles. The Bertz CT molecular complexity index is 818. The lowest BCUT2D eigenvalue weighted by atomic mass is 10.1. The first-order valence-electron chi connectivity index (χ1n) is 8.73. The van der Waals surface area contributed by atoms with Gasteiger partial charge >= 0.3 is 0 Å². The van der Waals surface area contributed by atoms with Crippen LogP contribution in [-0.4, -0.2) is 23.4 Å². The zero-order valence-corrected chi connectivity index (χ0v) is 15.9. The summed E-state index contributed by atoms with van der Waals surface area (Å²) >= 11 is 6.57. The van der Waals surface area contributed by atoms with E-state index in [4.69, 9.17) is 16.3 Å². The van der Waals surface area contributed by atoms with Gasteiger partial charge in [-0.25, -0.2) is 4.68 Å². The minimum atomic E-state index is 0.00893. The number of nitrogens with one attached hydrogen (secondary N) is 1. The molecule has 0 aliphatic rings. The summed E-state index contributed by atoms with van der Waals surface area (Å²) in [6, 6.07) is 20.4. The highest BCUT2D eigenvalue weighted by atomic mass is 35.5. The zero-order chi connectivity index (χ0) is 18.4. The van der Waals surface area contributed by atoms with Crippen molar-refractivity contribution in [2.24, 2.45) is 0 Å². The topological polar surface area (TPSA) is 39.1 Å². The molecule has 0 aliphatic heterocycles. The summed E-state index contributed by atoms with van der Waals surface area (Å²) in [4.78, 5) is 0. The normalized spacial score (nSPS) is 12.3. The Labute approximate surface area is 159 Å². The number of hydrogen-bond donors (Lipinski definition) is 1. The Morgan fingerprint density at radius 2 is 1.73 bits per heavy atom. The van der Waals surface area contributed by atoms with Crippen molar-refractivity contribution in [1.29, 1.82) is 0 Å². The number of nitrogens with zero attached hydrogens (tertiary/aromatic N) is 2. The molecule has 0 amide bonds. The first-order chi connectivity index (χ1) is 12.7. The molecule has 0 bridgehead atoms. The van der Waals surface area contributed by atoms with Crippen LogP contribution in [0, 0.1) is 6.92 Å². The molecule has 1 N–H and O–H groups in total. The van der Waals surface area contributed by atoms with Crippen LogP contribution < -0.4 is 5.32 Å². The third-order valence-corrected chi connectivity index (χ3v) is 4.87. The van der Waals surface area contributed by atoms with E-state index in [0.717, 1.165) is 16.8 Å². The van der Waals surface area contributed by atoms with Crippen molar-refractivity contribution in [3.8, 4) is 0 Å². The lowest BCUT2D eigenvalue weighted by Gasteiger charge is -2.16. The summed E-state index contributed by atoms with van der Waals surface area (Å²) in [5, 5.41) is 8.73.